The van der Waals surface area contributed by atoms with E-state index in [-0.39, 0.29) is 11.6 Å². The van der Waals surface area contributed by atoms with Crippen LogP contribution in [0.5, 0.6) is 0 Å². The predicted molar refractivity (Wildman–Crippen MR) is 114 cm³/mol. The molecule has 0 heterocycles. The highest BCUT2D eigenvalue weighted by Gasteiger charge is 2.51. The largest absolute Gasteiger partial charge is 0.402 e. The molecule has 2 aromatic rings. The molecule has 0 amide bonds. The van der Waals surface area contributed by atoms with Crippen LogP contribution in [0.25, 0.3) is 10.4 Å². The summed E-state index contributed by atoms with van der Waals surface area (Å²) in [5.41, 5.74) is 8.61. The number of rotatable bonds is 9. The Morgan fingerprint density at radius 3 is 1.93 bits per heavy atom. The molecule has 0 radical (unpaired) electrons. The topological polar surface area (TPSA) is 98.5 Å². The van der Waals surface area contributed by atoms with Crippen molar-refractivity contribution in [3.63, 3.8) is 0 Å². The van der Waals surface area contributed by atoms with Crippen molar-refractivity contribution < 1.29 is 14.6 Å². The second kappa shape index (κ2) is 9.86. The standard InChI is InChI=1S/C21H29N3O3Si/c1-21(2,3)28(17-10-6-4-7-11-17,18-12-8-5-9-13-18)27-20(19(26)16-25)14-15-23-24-22/h4-13,19-20,25-26H,14-16H2,1-3H3/t19-,20+/m1/s1. The van der Waals surface area contributed by atoms with Gasteiger partial charge in [-0.1, -0.05) is 86.5 Å². The SMILES string of the molecule is CC(C)(C)[Si](O[C@@H](CCN=[N+]=[N-])[C@H](O)CO)(c1ccccc1)c1ccccc1. The Bertz CT molecular complexity index is 735. The van der Waals surface area contributed by atoms with Crippen LogP contribution in [0.3, 0.4) is 0 Å². The van der Waals surface area contributed by atoms with E-state index >= 15 is 0 Å². The van der Waals surface area contributed by atoms with Gasteiger partial charge in [-0.25, -0.2) is 0 Å². The zero-order valence-electron chi connectivity index (χ0n) is 16.7. The molecular weight excluding hydrogens is 370 g/mol. The quantitative estimate of drug-likeness (QED) is 0.293. The third-order valence-electron chi connectivity index (χ3n) is 4.94. The smallest absolute Gasteiger partial charge is 0.261 e. The number of nitrogens with zero attached hydrogens (tertiary/aromatic N) is 3. The van der Waals surface area contributed by atoms with Crippen molar-refractivity contribution in [3.05, 3.63) is 71.1 Å². The van der Waals surface area contributed by atoms with Gasteiger partial charge in [-0.2, -0.15) is 0 Å². The first-order valence-corrected chi connectivity index (χ1v) is 11.4. The molecule has 0 saturated heterocycles. The number of hydrogen-bond acceptors (Lipinski definition) is 4. The van der Waals surface area contributed by atoms with Crippen LogP contribution in [0.4, 0.5) is 0 Å². The molecule has 2 atom stereocenters. The van der Waals surface area contributed by atoms with Gasteiger partial charge in [0.2, 0.25) is 0 Å². The lowest BCUT2D eigenvalue weighted by Gasteiger charge is -2.45. The van der Waals surface area contributed by atoms with E-state index in [2.05, 4.69) is 55.1 Å². The lowest BCUT2D eigenvalue weighted by atomic mass is 10.1. The summed E-state index contributed by atoms with van der Waals surface area (Å²) < 4.78 is 6.82. The zero-order valence-corrected chi connectivity index (χ0v) is 17.7. The highest BCUT2D eigenvalue weighted by Crippen LogP contribution is 2.38. The van der Waals surface area contributed by atoms with Crippen LogP contribution in [-0.2, 0) is 4.43 Å². The molecule has 0 saturated carbocycles. The summed E-state index contributed by atoms with van der Waals surface area (Å²) in [5.74, 6) is 0. The normalized spacial score (nSPS) is 14.2. The zero-order chi connectivity index (χ0) is 20.6. The molecule has 0 aliphatic heterocycles. The van der Waals surface area contributed by atoms with Crippen molar-refractivity contribution in [1.82, 2.24) is 0 Å². The van der Waals surface area contributed by atoms with Crippen LogP contribution < -0.4 is 10.4 Å². The summed E-state index contributed by atoms with van der Waals surface area (Å²) in [6.45, 7) is 6.22. The summed E-state index contributed by atoms with van der Waals surface area (Å²) in [5, 5.41) is 25.6. The van der Waals surface area contributed by atoms with Gasteiger partial charge < -0.3 is 14.6 Å². The van der Waals surface area contributed by atoms with Gasteiger partial charge in [0.15, 0.2) is 0 Å². The average molecular weight is 400 g/mol. The summed E-state index contributed by atoms with van der Waals surface area (Å²) in [7, 11) is -2.86. The van der Waals surface area contributed by atoms with E-state index in [4.69, 9.17) is 9.96 Å². The average Bonchev–Trinajstić information content (AvgIpc) is 2.70. The molecule has 0 bridgehead atoms. The van der Waals surface area contributed by atoms with E-state index < -0.39 is 27.1 Å². The van der Waals surface area contributed by atoms with Gasteiger partial charge in [-0.05, 0) is 27.4 Å². The van der Waals surface area contributed by atoms with Crippen LogP contribution in [-0.4, -0.2) is 43.9 Å². The highest BCUT2D eigenvalue weighted by atomic mass is 28.4. The minimum Gasteiger partial charge on any atom is -0.402 e. The molecule has 0 aliphatic rings. The van der Waals surface area contributed by atoms with Crippen LogP contribution in [0.15, 0.2) is 65.8 Å². The Hall–Kier alpha value is -2.15. The van der Waals surface area contributed by atoms with Crippen molar-refractivity contribution in [2.45, 2.75) is 44.4 Å². The lowest BCUT2D eigenvalue weighted by molar-refractivity contribution is -0.00781. The number of aliphatic hydroxyl groups is 2. The van der Waals surface area contributed by atoms with Crippen LogP contribution >= 0.6 is 0 Å². The predicted octanol–water partition coefficient (Wildman–Crippen LogP) is 2.99. The fraction of sp³-hybridized carbons (Fsp3) is 0.429. The van der Waals surface area contributed by atoms with Crippen molar-refractivity contribution >= 4 is 18.7 Å². The second-order valence-corrected chi connectivity index (χ2v) is 12.1. The fourth-order valence-corrected chi connectivity index (χ4v) is 8.34. The molecule has 0 unspecified atom stereocenters. The Morgan fingerprint density at radius 1 is 1.04 bits per heavy atom. The van der Waals surface area contributed by atoms with E-state index in [1.807, 2.05) is 36.4 Å². The third kappa shape index (κ3) is 4.81. The molecule has 0 fully saturated rings. The minimum absolute atomic E-state index is 0.191. The van der Waals surface area contributed by atoms with Gasteiger partial charge in [0, 0.05) is 11.5 Å². The number of azide groups is 1. The van der Waals surface area contributed by atoms with Crippen LogP contribution in [0.1, 0.15) is 27.2 Å². The molecule has 150 valence electrons. The summed E-state index contributed by atoms with van der Waals surface area (Å²) in [4.78, 5) is 2.79. The third-order valence-corrected chi connectivity index (χ3v) is 10.00. The fourth-order valence-electron chi connectivity index (χ4n) is 3.60. The van der Waals surface area contributed by atoms with E-state index in [1.54, 1.807) is 0 Å². The Morgan fingerprint density at radius 2 is 1.54 bits per heavy atom. The van der Waals surface area contributed by atoms with Crippen molar-refractivity contribution in [2.24, 2.45) is 5.11 Å². The van der Waals surface area contributed by atoms with Gasteiger partial charge in [0.25, 0.3) is 8.32 Å². The van der Waals surface area contributed by atoms with E-state index in [9.17, 15) is 10.2 Å². The van der Waals surface area contributed by atoms with Crippen LogP contribution in [0, 0.1) is 0 Å². The van der Waals surface area contributed by atoms with E-state index in [1.165, 1.54) is 0 Å². The van der Waals surface area contributed by atoms with Crippen molar-refractivity contribution in [1.29, 1.82) is 0 Å². The Balaban J connectivity index is 2.63. The first-order chi connectivity index (χ1) is 13.4. The lowest BCUT2D eigenvalue weighted by Crippen LogP contribution is -2.68. The molecule has 2 N–H and O–H groups in total. The van der Waals surface area contributed by atoms with Gasteiger partial charge in [-0.3, -0.25) is 0 Å². The summed E-state index contributed by atoms with van der Waals surface area (Å²) >= 11 is 0. The first-order valence-electron chi connectivity index (χ1n) is 9.45. The first kappa shape index (κ1) is 22.1. The molecule has 0 aromatic heterocycles. The molecule has 0 spiro atoms. The molecule has 7 heteroatoms. The van der Waals surface area contributed by atoms with Crippen molar-refractivity contribution in [3.8, 4) is 0 Å². The minimum atomic E-state index is -2.86. The Kier molecular flexibility index (Phi) is 7.80. The number of benzene rings is 2. The molecule has 0 aliphatic carbocycles. The molecule has 2 aromatic carbocycles. The Labute approximate surface area is 167 Å². The van der Waals surface area contributed by atoms with Crippen LogP contribution in [0.2, 0.25) is 5.04 Å². The summed E-state index contributed by atoms with van der Waals surface area (Å²) in [6.07, 6.45) is -1.38. The van der Waals surface area contributed by atoms with E-state index in [0.29, 0.717) is 6.42 Å². The number of hydrogen-bond donors (Lipinski definition) is 2. The molecule has 2 rings (SSSR count). The maximum absolute atomic E-state index is 10.5. The van der Waals surface area contributed by atoms with Gasteiger partial charge in [0.1, 0.15) is 6.10 Å². The number of aliphatic hydroxyl groups excluding tert-OH is 2. The van der Waals surface area contributed by atoms with Crippen molar-refractivity contribution in [2.75, 3.05) is 13.2 Å². The van der Waals surface area contributed by atoms with Gasteiger partial charge >= 0.3 is 0 Å². The highest BCUT2D eigenvalue weighted by molar-refractivity contribution is 6.99. The maximum Gasteiger partial charge on any atom is 0.261 e. The van der Waals surface area contributed by atoms with E-state index in [0.717, 1.165) is 10.4 Å². The van der Waals surface area contributed by atoms with Gasteiger partial charge in [-0.15, -0.1) is 0 Å². The summed E-state index contributed by atoms with van der Waals surface area (Å²) in [6, 6.07) is 20.2. The van der Waals surface area contributed by atoms with Gasteiger partial charge in [0.05, 0.1) is 12.7 Å². The monoisotopic (exact) mass is 399 g/mol. The molecular formula is C21H29N3O3Si. The maximum atomic E-state index is 10.5. The second-order valence-electron chi connectivity index (χ2n) is 7.81. The molecule has 28 heavy (non-hydrogen) atoms. The molecule has 6 nitrogen and oxygen atoms in total.